The van der Waals surface area contributed by atoms with Crippen LogP contribution < -0.4 is 5.69 Å². The van der Waals surface area contributed by atoms with Gasteiger partial charge in [0, 0.05) is 18.1 Å². The second kappa shape index (κ2) is 4.97. The highest BCUT2D eigenvalue weighted by Gasteiger charge is 2.12. The normalized spacial score (nSPS) is 11.0. The molecule has 2 aromatic carbocycles. The summed E-state index contributed by atoms with van der Waals surface area (Å²) >= 11 is 0. The molecule has 0 spiro atoms. The second-order valence-corrected chi connectivity index (χ2v) is 4.68. The Morgan fingerprint density at radius 3 is 2.52 bits per heavy atom. The quantitative estimate of drug-likeness (QED) is 0.727. The molecule has 0 aliphatic heterocycles. The van der Waals surface area contributed by atoms with Crippen molar-refractivity contribution in [1.82, 2.24) is 9.97 Å². The third kappa shape index (κ3) is 2.60. The van der Waals surface area contributed by atoms with Crippen LogP contribution in [0.4, 0.5) is 8.78 Å². The van der Waals surface area contributed by atoms with Crippen molar-refractivity contribution in [3.63, 3.8) is 0 Å². The Morgan fingerprint density at radius 2 is 1.76 bits per heavy atom. The molecule has 0 saturated carbocycles. The van der Waals surface area contributed by atoms with E-state index in [4.69, 9.17) is 0 Å². The zero-order valence-corrected chi connectivity index (χ0v) is 10.7. The number of ketones is 1. The number of nitrogens with one attached hydrogen (secondary N) is 2. The van der Waals surface area contributed by atoms with Crippen LogP contribution in [0.15, 0.2) is 41.2 Å². The summed E-state index contributed by atoms with van der Waals surface area (Å²) in [6.45, 7) is 0. The Kier molecular flexibility index (Phi) is 3.13. The Labute approximate surface area is 117 Å². The van der Waals surface area contributed by atoms with Gasteiger partial charge >= 0.3 is 5.69 Å². The van der Waals surface area contributed by atoms with Crippen LogP contribution >= 0.6 is 0 Å². The number of halogens is 2. The number of imidazole rings is 1. The topological polar surface area (TPSA) is 65.7 Å². The maximum Gasteiger partial charge on any atom is 0.323 e. The van der Waals surface area contributed by atoms with Gasteiger partial charge < -0.3 is 9.97 Å². The zero-order chi connectivity index (χ0) is 15.0. The van der Waals surface area contributed by atoms with Crippen LogP contribution in [-0.2, 0) is 6.42 Å². The lowest BCUT2D eigenvalue weighted by Crippen LogP contribution is -2.05. The number of hydrogen-bond donors (Lipinski definition) is 2. The highest BCUT2D eigenvalue weighted by Crippen LogP contribution is 2.15. The largest absolute Gasteiger partial charge is 0.323 e. The van der Waals surface area contributed by atoms with Crippen molar-refractivity contribution in [3.8, 4) is 0 Å². The maximum absolute atomic E-state index is 13.5. The van der Waals surface area contributed by atoms with Gasteiger partial charge in [0.2, 0.25) is 0 Å². The Hall–Kier alpha value is -2.76. The molecule has 21 heavy (non-hydrogen) atoms. The molecule has 2 N–H and O–H groups in total. The summed E-state index contributed by atoms with van der Waals surface area (Å²) < 4.78 is 26.4. The van der Waals surface area contributed by atoms with E-state index in [0.717, 1.165) is 12.1 Å². The molecule has 0 aliphatic rings. The van der Waals surface area contributed by atoms with E-state index in [9.17, 15) is 18.4 Å². The van der Waals surface area contributed by atoms with Crippen molar-refractivity contribution in [3.05, 3.63) is 69.6 Å². The van der Waals surface area contributed by atoms with Gasteiger partial charge in [0.05, 0.1) is 11.0 Å². The molecule has 106 valence electrons. The number of Topliss-reactive ketones (excluding diaryl/α,β-unsaturated/α-hetero) is 1. The molecule has 0 unspecified atom stereocenters. The smallest absolute Gasteiger partial charge is 0.306 e. The van der Waals surface area contributed by atoms with E-state index in [1.54, 1.807) is 12.1 Å². The van der Waals surface area contributed by atoms with Gasteiger partial charge in [0.25, 0.3) is 0 Å². The molecule has 6 heteroatoms. The number of carbonyl (C=O) groups excluding carboxylic acids is 1. The van der Waals surface area contributed by atoms with E-state index in [2.05, 4.69) is 9.97 Å². The number of H-pyrrole nitrogens is 2. The van der Waals surface area contributed by atoms with Crippen molar-refractivity contribution in [2.45, 2.75) is 6.42 Å². The van der Waals surface area contributed by atoms with Crippen molar-refractivity contribution in [2.75, 3.05) is 0 Å². The fraction of sp³-hybridized carbons (Fsp3) is 0.0667. The number of carbonyl (C=O) groups is 1. The van der Waals surface area contributed by atoms with E-state index >= 15 is 0 Å². The molecule has 4 nitrogen and oxygen atoms in total. The molecule has 0 aliphatic carbocycles. The number of aromatic nitrogens is 2. The van der Waals surface area contributed by atoms with Crippen molar-refractivity contribution < 1.29 is 13.6 Å². The Morgan fingerprint density at radius 1 is 1.00 bits per heavy atom. The highest BCUT2D eigenvalue weighted by atomic mass is 19.1. The third-order valence-electron chi connectivity index (χ3n) is 3.20. The van der Waals surface area contributed by atoms with E-state index in [1.165, 1.54) is 12.1 Å². The highest BCUT2D eigenvalue weighted by molar-refractivity contribution is 6.00. The molecule has 1 heterocycles. The Balaban J connectivity index is 1.91. The summed E-state index contributed by atoms with van der Waals surface area (Å²) in [5, 5.41) is 0. The average Bonchev–Trinajstić information content (AvgIpc) is 2.80. The summed E-state index contributed by atoms with van der Waals surface area (Å²) in [6.07, 6.45) is -0.174. The molecular formula is C15H10F2N2O2. The maximum atomic E-state index is 13.5. The first-order valence-corrected chi connectivity index (χ1v) is 6.22. The first kappa shape index (κ1) is 13.2. The zero-order valence-electron chi connectivity index (χ0n) is 10.7. The van der Waals surface area contributed by atoms with Gasteiger partial charge in [-0.25, -0.2) is 13.6 Å². The number of fused-ring (bicyclic) bond motifs is 1. The summed E-state index contributed by atoms with van der Waals surface area (Å²) in [6, 6.07) is 7.78. The molecule has 0 bridgehead atoms. The predicted octanol–water partition coefficient (Wildman–Crippen LogP) is 2.56. The molecule has 0 radical (unpaired) electrons. The third-order valence-corrected chi connectivity index (χ3v) is 3.20. The average molecular weight is 288 g/mol. The van der Waals surface area contributed by atoms with Gasteiger partial charge in [0.15, 0.2) is 5.78 Å². The van der Waals surface area contributed by atoms with Gasteiger partial charge in [0.1, 0.15) is 11.6 Å². The van der Waals surface area contributed by atoms with Gasteiger partial charge in [-0.1, -0.05) is 6.07 Å². The number of aromatic amines is 2. The second-order valence-electron chi connectivity index (χ2n) is 4.68. The Bertz CT molecular complexity index is 896. The molecule has 0 fully saturated rings. The monoisotopic (exact) mass is 288 g/mol. The molecule has 0 saturated heterocycles. The minimum atomic E-state index is -0.750. The van der Waals surface area contributed by atoms with Crippen LogP contribution in [0, 0.1) is 11.6 Å². The van der Waals surface area contributed by atoms with Gasteiger partial charge in [-0.15, -0.1) is 0 Å². The fourth-order valence-electron chi connectivity index (χ4n) is 2.15. The molecule has 3 rings (SSSR count). The van der Waals surface area contributed by atoms with Gasteiger partial charge in [-0.3, -0.25) is 4.79 Å². The number of hydrogen-bond acceptors (Lipinski definition) is 2. The first-order chi connectivity index (χ1) is 10.0. The van der Waals surface area contributed by atoms with E-state index in [-0.39, 0.29) is 23.5 Å². The van der Waals surface area contributed by atoms with Crippen LogP contribution in [-0.4, -0.2) is 15.8 Å². The molecule has 3 aromatic rings. The lowest BCUT2D eigenvalue weighted by Gasteiger charge is -2.03. The van der Waals surface area contributed by atoms with Crippen molar-refractivity contribution in [1.29, 1.82) is 0 Å². The lowest BCUT2D eigenvalue weighted by molar-refractivity contribution is 0.0992. The number of rotatable bonds is 3. The number of benzene rings is 2. The van der Waals surface area contributed by atoms with Gasteiger partial charge in [-0.05, 0) is 29.8 Å². The molecule has 0 amide bonds. The van der Waals surface area contributed by atoms with Crippen LogP contribution in [0.1, 0.15) is 15.9 Å². The standard InChI is InChI=1S/C15H10F2N2O2/c16-10-3-1-8(11(17)7-10)6-14(20)9-2-4-12-13(5-9)19-15(21)18-12/h1-5,7H,6H2,(H2,18,19,21). The van der Waals surface area contributed by atoms with Crippen LogP contribution in [0.3, 0.4) is 0 Å². The van der Waals surface area contributed by atoms with E-state index in [0.29, 0.717) is 16.6 Å². The van der Waals surface area contributed by atoms with E-state index < -0.39 is 11.6 Å². The van der Waals surface area contributed by atoms with Crippen molar-refractivity contribution >= 4 is 16.8 Å². The summed E-state index contributed by atoms with van der Waals surface area (Å²) in [4.78, 5) is 28.4. The van der Waals surface area contributed by atoms with Crippen molar-refractivity contribution in [2.24, 2.45) is 0 Å². The minimum Gasteiger partial charge on any atom is -0.306 e. The SMILES string of the molecule is O=C(Cc1ccc(F)cc1F)c1ccc2[nH]c(=O)[nH]c2c1. The van der Waals surface area contributed by atoms with Crippen LogP contribution in [0.2, 0.25) is 0 Å². The first-order valence-electron chi connectivity index (χ1n) is 6.22. The molecular weight excluding hydrogens is 278 g/mol. The summed E-state index contributed by atoms with van der Waals surface area (Å²) in [5.41, 5.74) is 1.21. The van der Waals surface area contributed by atoms with Crippen LogP contribution in [0.5, 0.6) is 0 Å². The summed E-state index contributed by atoms with van der Waals surface area (Å²) in [7, 11) is 0. The molecule has 0 atom stereocenters. The van der Waals surface area contributed by atoms with Gasteiger partial charge in [-0.2, -0.15) is 0 Å². The minimum absolute atomic E-state index is 0.129. The fourth-order valence-corrected chi connectivity index (χ4v) is 2.15. The summed E-state index contributed by atoms with van der Waals surface area (Å²) in [5.74, 6) is -1.75. The predicted molar refractivity (Wildman–Crippen MR) is 73.3 cm³/mol. The van der Waals surface area contributed by atoms with E-state index in [1.807, 2.05) is 0 Å². The lowest BCUT2D eigenvalue weighted by atomic mass is 10.0. The molecule has 1 aromatic heterocycles. The van der Waals surface area contributed by atoms with Crippen LogP contribution in [0.25, 0.3) is 11.0 Å².